The predicted molar refractivity (Wildman–Crippen MR) is 103 cm³/mol. The molecular formula is C18H27FN4O4S. The molecule has 0 saturated carbocycles. The largest absolute Gasteiger partial charge is 0.473 e. The molecule has 1 aliphatic rings. The Morgan fingerprint density at radius 1 is 1.43 bits per heavy atom. The maximum atomic E-state index is 12.8. The number of halogens is 1. The van der Waals surface area contributed by atoms with E-state index in [1.807, 2.05) is 6.92 Å². The number of nitrogens with zero attached hydrogens (tertiary/aromatic N) is 2. The van der Waals surface area contributed by atoms with Crippen LogP contribution in [0.5, 0.6) is 5.88 Å². The zero-order chi connectivity index (χ0) is 20.6. The lowest BCUT2D eigenvalue weighted by Gasteiger charge is -2.30. The summed E-state index contributed by atoms with van der Waals surface area (Å²) in [6.07, 6.45) is 3.32. The van der Waals surface area contributed by atoms with Crippen LogP contribution >= 0.6 is 0 Å². The number of amides is 1. The second kappa shape index (κ2) is 10.5. The second-order valence-corrected chi connectivity index (χ2v) is 8.54. The third-order valence-electron chi connectivity index (χ3n) is 4.59. The van der Waals surface area contributed by atoms with Crippen LogP contribution in [-0.4, -0.2) is 56.4 Å². The Labute approximate surface area is 165 Å². The third-order valence-corrected chi connectivity index (χ3v) is 6.47. The summed E-state index contributed by atoms with van der Waals surface area (Å²) in [6.45, 7) is 3.17. The molecule has 28 heavy (non-hydrogen) atoms. The highest BCUT2D eigenvalue weighted by molar-refractivity contribution is 7.89. The molecule has 0 radical (unpaired) electrons. The van der Waals surface area contributed by atoms with Crippen molar-refractivity contribution in [3.05, 3.63) is 30.2 Å². The van der Waals surface area contributed by atoms with Crippen LogP contribution in [0.15, 0.2) is 35.1 Å². The van der Waals surface area contributed by atoms with Gasteiger partial charge in [-0.25, -0.2) is 17.8 Å². The van der Waals surface area contributed by atoms with Crippen LogP contribution < -0.4 is 15.8 Å². The molecule has 1 aromatic heterocycles. The first kappa shape index (κ1) is 22.3. The fraction of sp³-hybridized carbons (Fsp3) is 0.556. The molecule has 0 aromatic carbocycles. The number of rotatable bonds is 9. The number of hydrogen-bond donors (Lipinski definition) is 2. The van der Waals surface area contributed by atoms with E-state index in [9.17, 15) is 17.6 Å². The molecule has 3 N–H and O–H groups in total. The number of carbonyl (C=O) groups is 1. The number of aromatic nitrogens is 1. The van der Waals surface area contributed by atoms with Gasteiger partial charge in [0, 0.05) is 44.2 Å². The molecule has 1 fully saturated rings. The van der Waals surface area contributed by atoms with Gasteiger partial charge in [0.25, 0.3) is 0 Å². The van der Waals surface area contributed by atoms with E-state index >= 15 is 0 Å². The average molecular weight is 415 g/mol. The summed E-state index contributed by atoms with van der Waals surface area (Å²) in [4.78, 5) is 15.7. The number of nitrogens with two attached hydrogens (primary N) is 1. The molecule has 0 atom stereocenters. The van der Waals surface area contributed by atoms with Crippen LogP contribution in [-0.2, 0) is 14.8 Å². The van der Waals surface area contributed by atoms with E-state index in [1.165, 1.54) is 22.6 Å². The number of carbonyl (C=O) groups excluding carboxylic acids is 1. The fourth-order valence-electron chi connectivity index (χ4n) is 2.94. The van der Waals surface area contributed by atoms with Crippen molar-refractivity contribution < 1.29 is 22.3 Å². The minimum Gasteiger partial charge on any atom is -0.473 e. The Morgan fingerprint density at radius 2 is 2.14 bits per heavy atom. The van der Waals surface area contributed by atoms with Gasteiger partial charge in [-0.1, -0.05) is 0 Å². The molecule has 0 aliphatic carbocycles. The molecule has 1 amide bonds. The summed E-state index contributed by atoms with van der Waals surface area (Å²) in [5.74, 6) is 0.378. The summed E-state index contributed by atoms with van der Waals surface area (Å²) < 4.78 is 44.7. The predicted octanol–water partition coefficient (Wildman–Crippen LogP) is 1.20. The molecule has 156 valence electrons. The quantitative estimate of drug-likeness (QED) is 0.627. The van der Waals surface area contributed by atoms with Crippen LogP contribution in [0.2, 0.25) is 0 Å². The maximum absolute atomic E-state index is 12.8. The molecule has 0 spiro atoms. The van der Waals surface area contributed by atoms with Crippen LogP contribution in [0, 0.1) is 5.92 Å². The molecule has 0 bridgehead atoms. The van der Waals surface area contributed by atoms with Crippen LogP contribution in [0.3, 0.4) is 0 Å². The Morgan fingerprint density at radius 3 is 2.68 bits per heavy atom. The van der Waals surface area contributed by atoms with E-state index in [1.54, 1.807) is 0 Å². The van der Waals surface area contributed by atoms with Crippen molar-refractivity contribution >= 4 is 15.9 Å². The van der Waals surface area contributed by atoms with Crippen LogP contribution in [0.4, 0.5) is 4.39 Å². The third kappa shape index (κ3) is 5.98. The average Bonchev–Trinajstić information content (AvgIpc) is 2.70. The molecule has 1 aromatic rings. The van der Waals surface area contributed by atoms with Crippen molar-refractivity contribution in [1.82, 2.24) is 14.6 Å². The molecule has 10 heteroatoms. The highest BCUT2D eigenvalue weighted by Crippen LogP contribution is 2.26. The fourth-order valence-corrected chi connectivity index (χ4v) is 4.36. The van der Waals surface area contributed by atoms with Gasteiger partial charge in [-0.15, -0.1) is 0 Å². The number of ether oxygens (including phenoxy) is 1. The molecule has 1 saturated heterocycles. The van der Waals surface area contributed by atoms with Gasteiger partial charge >= 0.3 is 0 Å². The lowest BCUT2D eigenvalue weighted by molar-refractivity contribution is -0.122. The van der Waals surface area contributed by atoms with Crippen molar-refractivity contribution in [2.24, 2.45) is 11.7 Å². The monoisotopic (exact) mass is 414 g/mol. The van der Waals surface area contributed by atoms with E-state index in [-0.39, 0.29) is 41.3 Å². The lowest BCUT2D eigenvalue weighted by Crippen LogP contribution is -2.39. The molecule has 1 aliphatic heterocycles. The molecular weight excluding hydrogens is 387 g/mol. The summed E-state index contributed by atoms with van der Waals surface area (Å²) >= 11 is 0. The smallest absolute Gasteiger partial charge is 0.244 e. The van der Waals surface area contributed by atoms with Gasteiger partial charge in [-0.2, -0.15) is 4.31 Å². The van der Waals surface area contributed by atoms with Gasteiger partial charge in [0.2, 0.25) is 21.8 Å². The van der Waals surface area contributed by atoms with Gasteiger partial charge in [-0.3, -0.25) is 4.79 Å². The van der Waals surface area contributed by atoms with Gasteiger partial charge in [0.05, 0.1) is 12.5 Å². The number of hydrogen-bond acceptors (Lipinski definition) is 6. The Balaban J connectivity index is 1.93. The minimum absolute atomic E-state index is 0.00370. The number of sulfonamides is 1. The normalized spacial score (nSPS) is 16.8. The van der Waals surface area contributed by atoms with E-state index in [4.69, 9.17) is 10.5 Å². The van der Waals surface area contributed by atoms with Gasteiger partial charge in [0.1, 0.15) is 11.5 Å². The second-order valence-electron chi connectivity index (χ2n) is 6.60. The lowest BCUT2D eigenvalue weighted by atomic mass is 9.94. The summed E-state index contributed by atoms with van der Waals surface area (Å²) in [5.41, 5.74) is 5.62. The molecule has 0 unspecified atom stereocenters. The van der Waals surface area contributed by atoms with Crippen molar-refractivity contribution in [3.63, 3.8) is 0 Å². The van der Waals surface area contributed by atoms with E-state index in [2.05, 4.69) is 10.3 Å². The minimum atomic E-state index is -3.66. The Bertz CT molecular complexity index is 775. The van der Waals surface area contributed by atoms with E-state index < -0.39 is 10.0 Å². The summed E-state index contributed by atoms with van der Waals surface area (Å²) in [7, 11) is -3.66. The SMILES string of the molecule is CCNC(=O)CC1CCN(S(=O)(=O)c2ccc(OC/C(=C/F)CN)nc2)CC1. The first-order chi connectivity index (χ1) is 13.4. The highest BCUT2D eigenvalue weighted by atomic mass is 32.2. The Hall–Kier alpha value is -2.04. The zero-order valence-electron chi connectivity index (χ0n) is 15.9. The number of pyridine rings is 1. The highest BCUT2D eigenvalue weighted by Gasteiger charge is 2.30. The van der Waals surface area contributed by atoms with Crippen molar-refractivity contribution in [2.75, 3.05) is 32.8 Å². The standard InChI is InChI=1S/C18H27FN4O4S/c1-2-21-17(24)9-14-5-7-23(8-6-14)28(25,26)16-3-4-18(22-12-16)27-13-15(10-19)11-20/h3-4,10,12,14H,2,5-9,11,13,20H2,1H3,(H,21,24)/b15-10+. The Kier molecular flexibility index (Phi) is 8.34. The van der Waals surface area contributed by atoms with E-state index in [0.29, 0.717) is 45.2 Å². The molecule has 8 nitrogen and oxygen atoms in total. The van der Waals surface area contributed by atoms with Gasteiger partial charge in [0.15, 0.2) is 0 Å². The van der Waals surface area contributed by atoms with Crippen molar-refractivity contribution in [3.8, 4) is 5.88 Å². The summed E-state index contributed by atoms with van der Waals surface area (Å²) in [5, 5.41) is 2.77. The van der Waals surface area contributed by atoms with Crippen molar-refractivity contribution in [2.45, 2.75) is 31.1 Å². The van der Waals surface area contributed by atoms with Gasteiger partial charge < -0.3 is 15.8 Å². The first-order valence-electron chi connectivity index (χ1n) is 9.24. The number of nitrogens with one attached hydrogen (secondary N) is 1. The molecule has 2 rings (SSSR count). The molecule has 2 heterocycles. The zero-order valence-corrected chi connectivity index (χ0v) is 16.8. The van der Waals surface area contributed by atoms with Crippen LogP contribution in [0.1, 0.15) is 26.2 Å². The van der Waals surface area contributed by atoms with Crippen molar-refractivity contribution in [1.29, 1.82) is 0 Å². The van der Waals surface area contributed by atoms with Crippen LogP contribution in [0.25, 0.3) is 0 Å². The summed E-state index contributed by atoms with van der Waals surface area (Å²) in [6, 6.07) is 2.85. The van der Waals surface area contributed by atoms with Gasteiger partial charge in [-0.05, 0) is 31.7 Å². The topological polar surface area (TPSA) is 115 Å². The van der Waals surface area contributed by atoms with E-state index in [0.717, 1.165) is 0 Å². The first-order valence-corrected chi connectivity index (χ1v) is 10.7. The number of piperidine rings is 1. The maximum Gasteiger partial charge on any atom is 0.244 e.